The molecule has 2 heterocycles. The average molecular weight is 236 g/mol. The largest absolute Gasteiger partial charge is 0.357 e. The van der Waals surface area contributed by atoms with Crippen molar-refractivity contribution in [2.75, 3.05) is 6.54 Å². The van der Waals surface area contributed by atoms with Crippen LogP contribution in [0.15, 0.2) is 36.4 Å². The fourth-order valence-electron chi connectivity index (χ4n) is 3.23. The van der Waals surface area contributed by atoms with Crippen LogP contribution in [0.2, 0.25) is 0 Å². The van der Waals surface area contributed by atoms with Gasteiger partial charge in [-0.15, -0.1) is 0 Å². The molecule has 0 radical (unpaired) electrons. The summed E-state index contributed by atoms with van der Waals surface area (Å²) in [5, 5.41) is 7.51. The zero-order valence-electron chi connectivity index (χ0n) is 10.5. The molecule has 0 bridgehead atoms. The van der Waals surface area contributed by atoms with Gasteiger partial charge in [0.15, 0.2) is 0 Å². The number of aromatic nitrogens is 1. The maximum absolute atomic E-state index is 3.63. The zero-order valence-corrected chi connectivity index (χ0v) is 10.5. The lowest BCUT2D eigenvalue weighted by Gasteiger charge is -2.20. The Kier molecular flexibility index (Phi) is 2.03. The standard InChI is InChI=1S/C16H16N2/c1-10-8-17-9-14-15(10)13-7-6-11-4-2-3-5-12(11)16(13)18-14/h2-7,10,17-18H,8-9H2,1H3. The molecule has 1 aliphatic heterocycles. The third-order valence-corrected chi connectivity index (χ3v) is 4.07. The lowest BCUT2D eigenvalue weighted by atomic mass is 9.94. The molecule has 0 saturated carbocycles. The predicted octanol–water partition coefficient (Wildman–Crippen LogP) is 3.53. The third-order valence-electron chi connectivity index (χ3n) is 4.07. The van der Waals surface area contributed by atoms with E-state index in [1.165, 1.54) is 32.9 Å². The maximum Gasteiger partial charge on any atom is 0.0539 e. The number of nitrogens with one attached hydrogen (secondary N) is 2. The second kappa shape index (κ2) is 3.59. The van der Waals surface area contributed by atoms with Crippen LogP contribution in [0.1, 0.15) is 24.1 Å². The highest BCUT2D eigenvalue weighted by Gasteiger charge is 2.21. The van der Waals surface area contributed by atoms with Gasteiger partial charge < -0.3 is 10.3 Å². The second-order valence-electron chi connectivity index (χ2n) is 5.26. The van der Waals surface area contributed by atoms with Crippen LogP contribution in [0.4, 0.5) is 0 Å². The Morgan fingerprint density at radius 1 is 1.06 bits per heavy atom. The van der Waals surface area contributed by atoms with Crippen LogP contribution in [0.25, 0.3) is 21.7 Å². The van der Waals surface area contributed by atoms with Crippen molar-refractivity contribution in [3.05, 3.63) is 47.7 Å². The van der Waals surface area contributed by atoms with E-state index < -0.39 is 0 Å². The van der Waals surface area contributed by atoms with Crippen LogP contribution in [-0.4, -0.2) is 11.5 Å². The van der Waals surface area contributed by atoms with Crippen molar-refractivity contribution in [1.82, 2.24) is 10.3 Å². The van der Waals surface area contributed by atoms with Crippen molar-refractivity contribution in [3.63, 3.8) is 0 Å². The van der Waals surface area contributed by atoms with E-state index in [1.54, 1.807) is 0 Å². The number of fused-ring (bicyclic) bond motifs is 5. The fraction of sp³-hybridized carbons (Fsp3) is 0.250. The van der Waals surface area contributed by atoms with Crippen molar-refractivity contribution >= 4 is 21.7 Å². The molecular weight excluding hydrogens is 220 g/mol. The minimum Gasteiger partial charge on any atom is -0.357 e. The van der Waals surface area contributed by atoms with Gasteiger partial charge in [0.1, 0.15) is 0 Å². The average Bonchev–Trinajstić information content (AvgIpc) is 2.79. The molecule has 1 atom stereocenters. The first-order chi connectivity index (χ1) is 8.84. The van der Waals surface area contributed by atoms with Gasteiger partial charge in [0.25, 0.3) is 0 Å². The van der Waals surface area contributed by atoms with E-state index in [0.717, 1.165) is 13.1 Å². The topological polar surface area (TPSA) is 27.8 Å². The van der Waals surface area contributed by atoms with Gasteiger partial charge >= 0.3 is 0 Å². The van der Waals surface area contributed by atoms with E-state index >= 15 is 0 Å². The summed E-state index contributed by atoms with van der Waals surface area (Å²) in [6.07, 6.45) is 0. The summed E-state index contributed by atoms with van der Waals surface area (Å²) in [6, 6.07) is 13.1. The Morgan fingerprint density at radius 3 is 2.89 bits per heavy atom. The highest BCUT2D eigenvalue weighted by atomic mass is 14.9. The Labute approximate surface area is 106 Å². The molecule has 1 unspecified atom stereocenters. The molecular formula is C16H16N2. The summed E-state index contributed by atoms with van der Waals surface area (Å²) in [6.45, 7) is 4.34. The molecule has 90 valence electrons. The van der Waals surface area contributed by atoms with Gasteiger partial charge in [-0.1, -0.05) is 43.3 Å². The normalized spacial score (nSPS) is 19.3. The fourth-order valence-corrected chi connectivity index (χ4v) is 3.23. The van der Waals surface area contributed by atoms with E-state index in [9.17, 15) is 0 Å². The molecule has 1 aromatic heterocycles. The number of benzene rings is 2. The van der Waals surface area contributed by atoms with Crippen molar-refractivity contribution in [1.29, 1.82) is 0 Å². The number of hydrogen-bond donors (Lipinski definition) is 2. The zero-order chi connectivity index (χ0) is 12.1. The quantitative estimate of drug-likeness (QED) is 0.614. The van der Waals surface area contributed by atoms with E-state index in [0.29, 0.717) is 5.92 Å². The SMILES string of the molecule is CC1CNCc2[nH]c3c(ccc4ccccc43)c21. The van der Waals surface area contributed by atoms with Gasteiger partial charge in [-0.05, 0) is 16.9 Å². The summed E-state index contributed by atoms with van der Waals surface area (Å²) in [4.78, 5) is 3.63. The lowest BCUT2D eigenvalue weighted by Crippen LogP contribution is -2.26. The number of rotatable bonds is 0. The summed E-state index contributed by atoms with van der Waals surface area (Å²) < 4.78 is 0. The van der Waals surface area contributed by atoms with Crippen LogP contribution in [-0.2, 0) is 6.54 Å². The molecule has 2 heteroatoms. The van der Waals surface area contributed by atoms with Crippen molar-refractivity contribution < 1.29 is 0 Å². The molecule has 1 aliphatic rings. The first-order valence-corrected chi connectivity index (χ1v) is 6.57. The summed E-state index contributed by atoms with van der Waals surface area (Å²) >= 11 is 0. The summed E-state index contributed by atoms with van der Waals surface area (Å²) in [7, 11) is 0. The highest BCUT2D eigenvalue weighted by molar-refractivity contribution is 6.07. The van der Waals surface area contributed by atoms with Gasteiger partial charge in [0.2, 0.25) is 0 Å². The summed E-state index contributed by atoms with van der Waals surface area (Å²) in [5.74, 6) is 0.587. The van der Waals surface area contributed by atoms with Crippen molar-refractivity contribution in [2.45, 2.75) is 19.4 Å². The van der Waals surface area contributed by atoms with Crippen LogP contribution in [0, 0.1) is 0 Å². The Hall–Kier alpha value is -1.80. The molecule has 4 rings (SSSR count). The molecule has 18 heavy (non-hydrogen) atoms. The Balaban J connectivity index is 2.15. The van der Waals surface area contributed by atoms with Crippen molar-refractivity contribution in [2.24, 2.45) is 0 Å². The maximum atomic E-state index is 3.63. The number of H-pyrrole nitrogens is 1. The highest BCUT2D eigenvalue weighted by Crippen LogP contribution is 2.34. The first-order valence-electron chi connectivity index (χ1n) is 6.57. The molecule has 2 aromatic carbocycles. The molecule has 0 aliphatic carbocycles. The molecule has 0 amide bonds. The second-order valence-corrected chi connectivity index (χ2v) is 5.26. The predicted molar refractivity (Wildman–Crippen MR) is 75.9 cm³/mol. The molecule has 0 fully saturated rings. The Bertz CT molecular complexity index is 739. The Morgan fingerprint density at radius 2 is 1.94 bits per heavy atom. The van der Waals surface area contributed by atoms with Gasteiger partial charge in [-0.25, -0.2) is 0 Å². The molecule has 0 spiro atoms. The van der Waals surface area contributed by atoms with Gasteiger partial charge in [0.05, 0.1) is 5.52 Å². The lowest BCUT2D eigenvalue weighted by molar-refractivity contribution is 0.568. The van der Waals surface area contributed by atoms with Crippen LogP contribution in [0.3, 0.4) is 0 Å². The van der Waals surface area contributed by atoms with E-state index in [-0.39, 0.29) is 0 Å². The van der Waals surface area contributed by atoms with E-state index in [4.69, 9.17) is 0 Å². The smallest absolute Gasteiger partial charge is 0.0539 e. The minimum absolute atomic E-state index is 0.587. The molecule has 2 nitrogen and oxygen atoms in total. The van der Waals surface area contributed by atoms with Crippen molar-refractivity contribution in [3.8, 4) is 0 Å². The molecule has 2 N–H and O–H groups in total. The number of aromatic amines is 1. The van der Waals surface area contributed by atoms with Gasteiger partial charge in [0, 0.05) is 29.6 Å². The van der Waals surface area contributed by atoms with Gasteiger partial charge in [-0.2, -0.15) is 0 Å². The molecule has 3 aromatic rings. The van der Waals surface area contributed by atoms with Crippen LogP contribution >= 0.6 is 0 Å². The molecule has 0 saturated heterocycles. The van der Waals surface area contributed by atoms with E-state index in [1.807, 2.05) is 0 Å². The monoisotopic (exact) mass is 236 g/mol. The van der Waals surface area contributed by atoms with Crippen LogP contribution in [0.5, 0.6) is 0 Å². The van der Waals surface area contributed by atoms with Crippen LogP contribution < -0.4 is 5.32 Å². The summed E-state index contributed by atoms with van der Waals surface area (Å²) in [5.41, 5.74) is 4.17. The van der Waals surface area contributed by atoms with E-state index in [2.05, 4.69) is 53.6 Å². The third kappa shape index (κ3) is 1.27. The first kappa shape index (κ1) is 10.2. The minimum atomic E-state index is 0.587. The van der Waals surface area contributed by atoms with Gasteiger partial charge in [-0.3, -0.25) is 0 Å². The number of hydrogen-bond acceptors (Lipinski definition) is 1.